The monoisotopic (exact) mass is 261 g/mol. The second-order valence-corrected chi connectivity index (χ2v) is 5.04. The first-order chi connectivity index (χ1) is 9.29. The first kappa shape index (κ1) is 12.4. The SMILES string of the molecule is NCCc1ccc2c(c1)N(C1CCNC1)C(=O)CO2. The minimum Gasteiger partial charge on any atom is -0.482 e. The molecule has 1 aromatic rings. The zero-order valence-corrected chi connectivity index (χ0v) is 10.9. The van der Waals surface area contributed by atoms with Crippen LogP contribution in [0.15, 0.2) is 18.2 Å². The smallest absolute Gasteiger partial charge is 0.265 e. The third-order valence-electron chi connectivity index (χ3n) is 3.74. The maximum Gasteiger partial charge on any atom is 0.265 e. The molecular formula is C14H19N3O2. The average molecular weight is 261 g/mol. The molecule has 3 N–H and O–H groups in total. The number of anilines is 1. The van der Waals surface area contributed by atoms with E-state index in [9.17, 15) is 4.79 Å². The fourth-order valence-electron chi connectivity index (χ4n) is 2.80. The van der Waals surface area contributed by atoms with Crippen LogP contribution < -0.4 is 20.7 Å². The Morgan fingerprint density at radius 2 is 2.37 bits per heavy atom. The van der Waals surface area contributed by atoms with Gasteiger partial charge in [0.1, 0.15) is 5.75 Å². The molecule has 1 saturated heterocycles. The van der Waals surface area contributed by atoms with Crippen molar-refractivity contribution in [3.63, 3.8) is 0 Å². The lowest BCUT2D eigenvalue weighted by molar-refractivity contribution is -0.121. The van der Waals surface area contributed by atoms with Gasteiger partial charge >= 0.3 is 0 Å². The lowest BCUT2D eigenvalue weighted by Gasteiger charge is -2.34. The van der Waals surface area contributed by atoms with Gasteiger partial charge in [-0.1, -0.05) is 6.07 Å². The third kappa shape index (κ3) is 2.31. The van der Waals surface area contributed by atoms with Crippen molar-refractivity contribution in [1.29, 1.82) is 0 Å². The molecule has 0 aromatic heterocycles. The molecule has 0 saturated carbocycles. The van der Waals surface area contributed by atoms with E-state index in [-0.39, 0.29) is 18.6 Å². The van der Waals surface area contributed by atoms with E-state index in [4.69, 9.17) is 10.5 Å². The Balaban J connectivity index is 1.96. The molecular weight excluding hydrogens is 242 g/mol. The Bertz CT molecular complexity index is 484. The van der Waals surface area contributed by atoms with Gasteiger partial charge in [0, 0.05) is 6.54 Å². The number of nitrogens with one attached hydrogen (secondary N) is 1. The van der Waals surface area contributed by atoms with Crippen molar-refractivity contribution in [2.75, 3.05) is 31.1 Å². The number of rotatable bonds is 3. The van der Waals surface area contributed by atoms with Crippen molar-refractivity contribution < 1.29 is 9.53 Å². The van der Waals surface area contributed by atoms with Crippen LogP contribution in [0, 0.1) is 0 Å². The standard InChI is InChI=1S/C14H19N3O2/c15-5-3-10-1-2-13-12(7-10)17(14(18)9-19-13)11-4-6-16-8-11/h1-2,7,11,16H,3-6,8-9,15H2. The normalized spacial score (nSPS) is 22.3. The van der Waals surface area contributed by atoms with Gasteiger partial charge in [0.05, 0.1) is 11.7 Å². The van der Waals surface area contributed by atoms with Crippen LogP contribution in [0.1, 0.15) is 12.0 Å². The molecule has 1 amide bonds. The zero-order chi connectivity index (χ0) is 13.2. The number of carbonyl (C=O) groups excluding carboxylic acids is 1. The summed E-state index contributed by atoms with van der Waals surface area (Å²) in [4.78, 5) is 14.1. The van der Waals surface area contributed by atoms with Gasteiger partial charge in [-0.2, -0.15) is 0 Å². The van der Waals surface area contributed by atoms with Crippen molar-refractivity contribution in [1.82, 2.24) is 5.32 Å². The molecule has 102 valence electrons. The number of nitrogens with zero attached hydrogens (tertiary/aromatic N) is 1. The van der Waals surface area contributed by atoms with Gasteiger partial charge < -0.3 is 20.7 Å². The topological polar surface area (TPSA) is 67.6 Å². The number of carbonyl (C=O) groups is 1. The molecule has 2 heterocycles. The van der Waals surface area contributed by atoms with Crippen molar-refractivity contribution in [3.8, 4) is 5.75 Å². The molecule has 2 aliphatic rings. The molecule has 3 rings (SSSR count). The summed E-state index contributed by atoms with van der Waals surface area (Å²) in [5.74, 6) is 0.846. The van der Waals surface area contributed by atoms with Gasteiger partial charge in [-0.15, -0.1) is 0 Å². The first-order valence-corrected chi connectivity index (χ1v) is 6.78. The number of fused-ring (bicyclic) bond motifs is 1. The Morgan fingerprint density at radius 1 is 1.47 bits per heavy atom. The van der Waals surface area contributed by atoms with Crippen molar-refractivity contribution >= 4 is 11.6 Å². The van der Waals surface area contributed by atoms with Crippen molar-refractivity contribution in [3.05, 3.63) is 23.8 Å². The molecule has 1 unspecified atom stereocenters. The molecule has 19 heavy (non-hydrogen) atoms. The number of amides is 1. The van der Waals surface area contributed by atoms with E-state index in [0.29, 0.717) is 6.54 Å². The minimum absolute atomic E-state index is 0.0473. The number of hydrogen-bond donors (Lipinski definition) is 2. The van der Waals surface area contributed by atoms with Crippen LogP contribution in [0.2, 0.25) is 0 Å². The summed E-state index contributed by atoms with van der Waals surface area (Å²) >= 11 is 0. The molecule has 5 heteroatoms. The Labute approximate surface area is 112 Å². The molecule has 1 atom stereocenters. The molecule has 0 radical (unpaired) electrons. The van der Waals surface area contributed by atoms with Crippen LogP contribution >= 0.6 is 0 Å². The summed E-state index contributed by atoms with van der Waals surface area (Å²) in [6.45, 7) is 2.57. The molecule has 5 nitrogen and oxygen atoms in total. The lowest BCUT2D eigenvalue weighted by Crippen LogP contribution is -2.46. The number of ether oxygens (including phenoxy) is 1. The average Bonchev–Trinajstić information content (AvgIpc) is 2.92. The van der Waals surface area contributed by atoms with Gasteiger partial charge in [0.15, 0.2) is 6.61 Å². The fraction of sp³-hybridized carbons (Fsp3) is 0.500. The fourth-order valence-corrected chi connectivity index (χ4v) is 2.80. The van der Waals surface area contributed by atoms with Crippen LogP contribution in [0.5, 0.6) is 5.75 Å². The van der Waals surface area contributed by atoms with E-state index in [1.54, 1.807) is 0 Å². The van der Waals surface area contributed by atoms with E-state index in [0.717, 1.165) is 42.9 Å². The molecule has 2 aliphatic heterocycles. The van der Waals surface area contributed by atoms with Crippen LogP contribution in [0.4, 0.5) is 5.69 Å². The highest BCUT2D eigenvalue weighted by Crippen LogP contribution is 2.35. The number of hydrogen-bond acceptors (Lipinski definition) is 4. The van der Waals surface area contributed by atoms with E-state index in [1.807, 2.05) is 23.1 Å². The second-order valence-electron chi connectivity index (χ2n) is 5.04. The van der Waals surface area contributed by atoms with E-state index in [1.165, 1.54) is 0 Å². The molecule has 0 spiro atoms. The Morgan fingerprint density at radius 3 is 3.11 bits per heavy atom. The predicted molar refractivity (Wildman–Crippen MR) is 73.5 cm³/mol. The van der Waals surface area contributed by atoms with Crippen LogP contribution in [0.25, 0.3) is 0 Å². The second kappa shape index (κ2) is 5.19. The zero-order valence-electron chi connectivity index (χ0n) is 10.9. The van der Waals surface area contributed by atoms with Crippen molar-refractivity contribution in [2.45, 2.75) is 18.9 Å². The van der Waals surface area contributed by atoms with E-state index in [2.05, 4.69) is 5.32 Å². The van der Waals surface area contributed by atoms with Gasteiger partial charge in [0.25, 0.3) is 5.91 Å². The largest absolute Gasteiger partial charge is 0.482 e. The highest BCUT2D eigenvalue weighted by Gasteiger charge is 2.33. The third-order valence-corrected chi connectivity index (χ3v) is 3.74. The first-order valence-electron chi connectivity index (χ1n) is 6.78. The van der Waals surface area contributed by atoms with Crippen LogP contribution in [-0.2, 0) is 11.2 Å². The lowest BCUT2D eigenvalue weighted by atomic mass is 10.1. The summed E-state index contributed by atoms with van der Waals surface area (Å²) in [6, 6.07) is 6.25. The molecule has 1 aromatic carbocycles. The predicted octanol–water partition coefficient (Wildman–Crippen LogP) is 0.275. The van der Waals surface area contributed by atoms with Gasteiger partial charge in [0.2, 0.25) is 0 Å². The number of nitrogens with two attached hydrogens (primary N) is 1. The molecule has 0 aliphatic carbocycles. The maximum atomic E-state index is 12.2. The van der Waals surface area contributed by atoms with E-state index < -0.39 is 0 Å². The highest BCUT2D eigenvalue weighted by molar-refractivity contribution is 5.98. The molecule has 0 bridgehead atoms. The van der Waals surface area contributed by atoms with Gasteiger partial charge in [-0.05, 0) is 43.6 Å². The Kier molecular flexibility index (Phi) is 3.40. The quantitative estimate of drug-likeness (QED) is 0.820. The summed E-state index contributed by atoms with van der Waals surface area (Å²) in [6.07, 6.45) is 1.81. The summed E-state index contributed by atoms with van der Waals surface area (Å²) in [5, 5.41) is 3.31. The summed E-state index contributed by atoms with van der Waals surface area (Å²) < 4.78 is 5.52. The van der Waals surface area contributed by atoms with Gasteiger partial charge in [-0.3, -0.25) is 4.79 Å². The van der Waals surface area contributed by atoms with Crippen LogP contribution in [-0.4, -0.2) is 38.2 Å². The minimum atomic E-state index is 0.0473. The van der Waals surface area contributed by atoms with Crippen molar-refractivity contribution in [2.24, 2.45) is 5.73 Å². The summed E-state index contributed by atoms with van der Waals surface area (Å²) in [5.41, 5.74) is 7.65. The number of benzene rings is 1. The maximum absolute atomic E-state index is 12.2. The highest BCUT2D eigenvalue weighted by atomic mass is 16.5. The van der Waals surface area contributed by atoms with Crippen LogP contribution in [0.3, 0.4) is 0 Å². The van der Waals surface area contributed by atoms with Gasteiger partial charge in [-0.25, -0.2) is 0 Å². The Hall–Kier alpha value is -1.59. The molecule has 1 fully saturated rings. The van der Waals surface area contributed by atoms with E-state index >= 15 is 0 Å². The summed E-state index contributed by atoms with van der Waals surface area (Å²) in [7, 11) is 0.